The Morgan fingerprint density at radius 3 is 0.753 bits per heavy atom. The zero-order valence-corrected chi connectivity index (χ0v) is 53.3. The van der Waals surface area contributed by atoms with Crippen molar-refractivity contribution in [2.45, 2.75) is 335 Å². The molecule has 81 heavy (non-hydrogen) atoms. The predicted octanol–water partition coefficient (Wildman–Crippen LogP) is 23.8. The highest BCUT2D eigenvalue weighted by atomic mass is 16.6. The van der Waals surface area contributed by atoms with Crippen LogP contribution in [0.3, 0.4) is 0 Å². The molecule has 0 amide bonds. The van der Waals surface area contributed by atoms with Gasteiger partial charge in [0.2, 0.25) is 0 Å². The molecule has 0 saturated heterocycles. The molecule has 0 aromatic rings. The van der Waals surface area contributed by atoms with Crippen LogP contribution in [-0.4, -0.2) is 37.2 Å². The average molecular weight is 1130 g/mol. The number of carbonyl (C=O) groups is 3. The van der Waals surface area contributed by atoms with Gasteiger partial charge in [-0.1, -0.05) is 291 Å². The molecule has 1 atom stereocenters. The van der Waals surface area contributed by atoms with Gasteiger partial charge in [0.05, 0.1) is 0 Å². The van der Waals surface area contributed by atoms with Gasteiger partial charge in [0.15, 0.2) is 6.10 Å². The summed E-state index contributed by atoms with van der Waals surface area (Å²) in [5.41, 5.74) is 0. The van der Waals surface area contributed by atoms with Gasteiger partial charge in [-0.15, -0.1) is 0 Å². The Morgan fingerprint density at radius 1 is 0.259 bits per heavy atom. The van der Waals surface area contributed by atoms with E-state index in [-0.39, 0.29) is 31.1 Å². The van der Waals surface area contributed by atoms with Crippen molar-refractivity contribution in [1.29, 1.82) is 0 Å². The summed E-state index contributed by atoms with van der Waals surface area (Å²) in [6, 6.07) is 0. The highest BCUT2D eigenvalue weighted by molar-refractivity contribution is 5.71. The van der Waals surface area contributed by atoms with Crippen molar-refractivity contribution in [3.8, 4) is 0 Å². The number of esters is 3. The predicted molar refractivity (Wildman–Crippen MR) is 353 cm³/mol. The summed E-state index contributed by atoms with van der Waals surface area (Å²) in [6.45, 7) is 6.50. The van der Waals surface area contributed by atoms with Crippen LogP contribution in [0.2, 0.25) is 0 Å². The second kappa shape index (κ2) is 68.6. The normalized spacial score (nSPS) is 12.8. The molecule has 0 bridgehead atoms. The molecule has 0 aliphatic heterocycles. The number of allylic oxidation sites excluding steroid dienone is 18. The fourth-order valence-electron chi connectivity index (χ4n) is 9.59. The van der Waals surface area contributed by atoms with E-state index in [4.69, 9.17) is 14.2 Å². The molecule has 0 aliphatic carbocycles. The van der Waals surface area contributed by atoms with Gasteiger partial charge < -0.3 is 14.2 Å². The van der Waals surface area contributed by atoms with Gasteiger partial charge in [0.25, 0.3) is 0 Å². The number of carbonyl (C=O) groups excluding carboxylic acids is 3. The number of ether oxygens (including phenoxy) is 3. The molecular formula is C75H128O6. The van der Waals surface area contributed by atoms with Crippen molar-refractivity contribution in [3.05, 3.63) is 109 Å². The molecule has 1 unspecified atom stereocenters. The van der Waals surface area contributed by atoms with Gasteiger partial charge in [-0.2, -0.15) is 0 Å². The van der Waals surface area contributed by atoms with Crippen LogP contribution in [0.15, 0.2) is 109 Å². The first-order valence-corrected chi connectivity index (χ1v) is 34.4. The minimum absolute atomic E-state index is 0.0856. The minimum Gasteiger partial charge on any atom is -0.462 e. The van der Waals surface area contributed by atoms with Crippen LogP contribution in [0.4, 0.5) is 0 Å². The summed E-state index contributed by atoms with van der Waals surface area (Å²) < 4.78 is 17.0. The lowest BCUT2D eigenvalue weighted by Gasteiger charge is -2.18. The van der Waals surface area contributed by atoms with E-state index in [1.54, 1.807) is 0 Å². The molecule has 0 aromatic carbocycles. The molecule has 0 saturated carbocycles. The number of hydrogen-bond donors (Lipinski definition) is 0. The quantitative estimate of drug-likeness (QED) is 0.0261. The highest BCUT2D eigenvalue weighted by Gasteiger charge is 2.19. The van der Waals surface area contributed by atoms with Gasteiger partial charge in [0, 0.05) is 19.3 Å². The lowest BCUT2D eigenvalue weighted by Crippen LogP contribution is -2.30. The fourth-order valence-corrected chi connectivity index (χ4v) is 9.59. The number of hydrogen-bond acceptors (Lipinski definition) is 6. The molecule has 0 N–H and O–H groups in total. The Bertz CT molecular complexity index is 1620. The van der Waals surface area contributed by atoms with Gasteiger partial charge >= 0.3 is 17.9 Å². The molecule has 0 aliphatic rings. The van der Waals surface area contributed by atoms with E-state index >= 15 is 0 Å². The minimum atomic E-state index is -0.791. The molecule has 0 spiro atoms. The van der Waals surface area contributed by atoms with Crippen molar-refractivity contribution >= 4 is 17.9 Å². The number of unbranched alkanes of at least 4 members (excludes halogenated alkanes) is 33. The lowest BCUT2D eigenvalue weighted by atomic mass is 10.0. The van der Waals surface area contributed by atoms with Crippen LogP contribution >= 0.6 is 0 Å². The van der Waals surface area contributed by atoms with Gasteiger partial charge in [0.1, 0.15) is 13.2 Å². The zero-order chi connectivity index (χ0) is 58.5. The molecular weight excluding hydrogens is 997 g/mol. The first-order valence-electron chi connectivity index (χ1n) is 34.4. The Hall–Kier alpha value is -3.93. The molecule has 6 nitrogen and oxygen atoms in total. The topological polar surface area (TPSA) is 78.9 Å². The van der Waals surface area contributed by atoms with Crippen LogP contribution in [0.25, 0.3) is 0 Å². The third kappa shape index (κ3) is 66.8. The van der Waals surface area contributed by atoms with E-state index < -0.39 is 6.10 Å². The molecule has 0 aromatic heterocycles. The maximum Gasteiger partial charge on any atom is 0.306 e. The van der Waals surface area contributed by atoms with Crippen molar-refractivity contribution < 1.29 is 28.6 Å². The third-order valence-electron chi connectivity index (χ3n) is 14.7. The van der Waals surface area contributed by atoms with Crippen LogP contribution in [0, 0.1) is 0 Å². The Morgan fingerprint density at radius 2 is 0.481 bits per heavy atom. The van der Waals surface area contributed by atoms with E-state index in [0.717, 1.165) is 122 Å². The van der Waals surface area contributed by atoms with E-state index in [0.29, 0.717) is 19.3 Å². The summed E-state index contributed by atoms with van der Waals surface area (Å²) in [4.78, 5) is 38.4. The molecule has 0 heterocycles. The van der Waals surface area contributed by atoms with E-state index in [9.17, 15) is 14.4 Å². The van der Waals surface area contributed by atoms with Crippen molar-refractivity contribution in [3.63, 3.8) is 0 Å². The molecule has 0 rings (SSSR count). The smallest absolute Gasteiger partial charge is 0.306 e. The van der Waals surface area contributed by atoms with Crippen LogP contribution in [0.5, 0.6) is 0 Å². The third-order valence-corrected chi connectivity index (χ3v) is 14.7. The SMILES string of the molecule is CC/C=C\C/C=C\C/C=C\C/C=C\C/C=C\CCCCCCCCCCCCCCCC(=O)OCC(COC(=O)CCCCCCC/C=C\C/C=C\CCCCCC)OC(=O)CCCCCCCCC/C=C\C/C=C\CCCCCC. The Labute approximate surface area is 501 Å². The maximum absolute atomic E-state index is 12.9. The van der Waals surface area contributed by atoms with Crippen molar-refractivity contribution in [2.24, 2.45) is 0 Å². The van der Waals surface area contributed by atoms with Crippen LogP contribution in [0.1, 0.15) is 329 Å². The molecule has 464 valence electrons. The van der Waals surface area contributed by atoms with Crippen LogP contribution < -0.4 is 0 Å². The zero-order valence-electron chi connectivity index (χ0n) is 53.3. The summed E-state index contributed by atoms with van der Waals surface area (Å²) in [6.07, 6.45) is 93.8. The summed E-state index contributed by atoms with van der Waals surface area (Å²) >= 11 is 0. The second-order valence-electron chi connectivity index (χ2n) is 22.7. The van der Waals surface area contributed by atoms with E-state index in [1.807, 2.05) is 0 Å². The van der Waals surface area contributed by atoms with Crippen LogP contribution in [-0.2, 0) is 28.6 Å². The largest absolute Gasteiger partial charge is 0.462 e. The summed E-state index contributed by atoms with van der Waals surface area (Å²) in [7, 11) is 0. The molecule has 0 radical (unpaired) electrons. The Kier molecular flexibility index (Phi) is 65.2. The van der Waals surface area contributed by atoms with E-state index in [2.05, 4.69) is 130 Å². The first kappa shape index (κ1) is 77.1. The standard InChI is InChI=1S/C75H128O6/c1-4-7-10-13-16-19-22-25-28-31-33-34-35-36-37-38-39-40-41-42-43-45-47-50-53-56-59-62-65-68-74(77)80-71-72(70-79-73(76)67-64-61-58-55-52-49-46-30-27-24-21-18-15-12-9-6-3)81-75(78)69-66-63-60-57-54-51-48-44-32-29-26-23-20-17-14-11-8-5-2/h7,10,16,19-21,23-25,28-30,32-34,36-37,46,72H,4-6,8-9,11-15,17-18,22,26-27,31,35,38-45,47-71H2,1-3H3/b10-7-,19-16-,23-20-,24-21-,28-25-,32-29-,34-33-,37-36-,46-30-. The fraction of sp³-hybridized carbons (Fsp3) is 0.720. The Balaban J connectivity index is 4.32. The maximum atomic E-state index is 12.9. The van der Waals surface area contributed by atoms with Crippen molar-refractivity contribution in [2.75, 3.05) is 13.2 Å². The number of rotatable bonds is 62. The first-order chi connectivity index (χ1) is 40.0. The molecule has 0 fully saturated rings. The van der Waals surface area contributed by atoms with Crippen molar-refractivity contribution in [1.82, 2.24) is 0 Å². The van der Waals surface area contributed by atoms with Gasteiger partial charge in [-0.05, 0) is 128 Å². The monoisotopic (exact) mass is 1120 g/mol. The van der Waals surface area contributed by atoms with Gasteiger partial charge in [-0.25, -0.2) is 0 Å². The highest BCUT2D eigenvalue weighted by Crippen LogP contribution is 2.16. The summed E-state index contributed by atoms with van der Waals surface area (Å²) in [5, 5.41) is 0. The molecule has 6 heteroatoms. The lowest BCUT2D eigenvalue weighted by molar-refractivity contribution is -0.167. The average Bonchev–Trinajstić information content (AvgIpc) is 3.47. The van der Waals surface area contributed by atoms with E-state index in [1.165, 1.54) is 167 Å². The summed E-state index contributed by atoms with van der Waals surface area (Å²) in [5.74, 6) is -0.897. The van der Waals surface area contributed by atoms with Gasteiger partial charge in [-0.3, -0.25) is 14.4 Å². The second-order valence-corrected chi connectivity index (χ2v) is 22.7.